The van der Waals surface area contributed by atoms with Gasteiger partial charge in [-0.1, -0.05) is 18.3 Å². The maximum atomic E-state index is 5.54. The molecule has 2 saturated heterocycles. The molecular formula is C25H36N8O2S. The molecule has 0 bridgehead atoms. The van der Waals surface area contributed by atoms with Crippen LogP contribution in [0.5, 0.6) is 0 Å². The van der Waals surface area contributed by atoms with Crippen LogP contribution < -0.4 is 10.6 Å². The van der Waals surface area contributed by atoms with E-state index in [1.54, 1.807) is 11.3 Å². The fraction of sp³-hybridized carbons (Fsp3) is 0.680. The number of hydrogen-bond acceptors (Lipinski definition) is 10. The van der Waals surface area contributed by atoms with E-state index in [0.29, 0.717) is 24.1 Å². The second-order valence-electron chi connectivity index (χ2n) is 9.99. The Labute approximate surface area is 215 Å². The van der Waals surface area contributed by atoms with E-state index in [4.69, 9.17) is 24.4 Å². The molecule has 3 aliphatic rings. The van der Waals surface area contributed by atoms with Crippen molar-refractivity contribution >= 4 is 39.1 Å². The molecule has 5 heterocycles. The Bertz CT molecular complexity index is 1150. The second-order valence-corrected chi connectivity index (χ2v) is 11.0. The minimum absolute atomic E-state index is 0.385. The van der Waals surface area contributed by atoms with Crippen LogP contribution in [0.4, 0.5) is 17.5 Å². The summed E-state index contributed by atoms with van der Waals surface area (Å²) in [5.74, 6) is 1.43. The molecule has 1 aliphatic carbocycles. The molecule has 194 valence electrons. The van der Waals surface area contributed by atoms with Crippen molar-refractivity contribution in [3.63, 3.8) is 0 Å². The average Bonchev–Trinajstić information content (AvgIpc) is 3.57. The fourth-order valence-corrected chi connectivity index (χ4v) is 6.45. The molecule has 2 N–H and O–H groups in total. The summed E-state index contributed by atoms with van der Waals surface area (Å²) >= 11 is 1.65. The summed E-state index contributed by atoms with van der Waals surface area (Å²) in [5, 5.41) is 12.8. The first-order chi connectivity index (χ1) is 17.7. The molecule has 36 heavy (non-hydrogen) atoms. The van der Waals surface area contributed by atoms with E-state index in [0.717, 1.165) is 98.5 Å². The minimum Gasteiger partial charge on any atom is -0.381 e. The highest BCUT2D eigenvalue weighted by Crippen LogP contribution is 2.32. The van der Waals surface area contributed by atoms with E-state index in [-0.39, 0.29) is 0 Å². The predicted molar refractivity (Wildman–Crippen MR) is 141 cm³/mol. The number of rotatable bonds is 7. The lowest BCUT2D eigenvalue weighted by Crippen LogP contribution is -2.46. The maximum Gasteiger partial charge on any atom is 0.230 e. The Kier molecular flexibility index (Phi) is 7.31. The summed E-state index contributed by atoms with van der Waals surface area (Å²) in [7, 11) is 0. The van der Waals surface area contributed by atoms with Crippen LogP contribution in [0.15, 0.2) is 12.4 Å². The van der Waals surface area contributed by atoms with Crippen LogP contribution in [-0.4, -0.2) is 81.2 Å². The minimum atomic E-state index is 0.385. The van der Waals surface area contributed by atoms with E-state index in [1.165, 1.54) is 12.8 Å². The summed E-state index contributed by atoms with van der Waals surface area (Å²) in [6.45, 7) is 7.58. The summed E-state index contributed by atoms with van der Waals surface area (Å²) in [4.78, 5) is 18.1. The van der Waals surface area contributed by atoms with Gasteiger partial charge in [0.05, 0.1) is 36.1 Å². The lowest BCUT2D eigenvalue weighted by Gasteiger charge is -2.39. The largest absolute Gasteiger partial charge is 0.381 e. The zero-order valence-corrected chi connectivity index (χ0v) is 21.8. The number of thiazole rings is 1. The quantitative estimate of drug-likeness (QED) is 0.486. The summed E-state index contributed by atoms with van der Waals surface area (Å²) < 4.78 is 13.1. The molecule has 6 rings (SSSR count). The van der Waals surface area contributed by atoms with Crippen LogP contribution in [0.1, 0.15) is 56.5 Å². The number of nitrogens with zero attached hydrogens (tertiary/aromatic N) is 6. The Balaban J connectivity index is 1.17. The van der Waals surface area contributed by atoms with E-state index < -0.39 is 0 Å². The number of hydrogen-bond donors (Lipinski definition) is 2. The van der Waals surface area contributed by atoms with Gasteiger partial charge in [0.25, 0.3) is 0 Å². The second kappa shape index (κ2) is 11.0. The molecule has 0 amide bonds. The molecule has 0 atom stereocenters. The van der Waals surface area contributed by atoms with E-state index in [9.17, 15) is 0 Å². The van der Waals surface area contributed by atoms with Crippen molar-refractivity contribution in [2.75, 3.05) is 50.2 Å². The lowest BCUT2D eigenvalue weighted by atomic mass is 9.90. The van der Waals surface area contributed by atoms with Crippen molar-refractivity contribution in [1.82, 2.24) is 29.6 Å². The Morgan fingerprint density at radius 3 is 2.50 bits per heavy atom. The van der Waals surface area contributed by atoms with Crippen molar-refractivity contribution < 1.29 is 9.47 Å². The van der Waals surface area contributed by atoms with Crippen molar-refractivity contribution in [2.45, 2.75) is 70.0 Å². The first kappa shape index (κ1) is 24.0. The predicted octanol–water partition coefficient (Wildman–Crippen LogP) is 4.00. The SMILES string of the molecule is CCc1nc2c(NC3CCC(N4CCOCC4)CC3)nc(Nc3cnn(C4CCOCC4)c3)nc2s1. The summed E-state index contributed by atoms with van der Waals surface area (Å²) in [6.07, 6.45) is 11.5. The van der Waals surface area contributed by atoms with Gasteiger partial charge in [-0.25, -0.2) is 4.98 Å². The standard InChI is InChI=1S/C25H36N8O2S/c1-2-21-29-22-23(27-17-3-5-19(6-4-17)32-9-13-35-14-10-32)30-25(31-24(22)36-21)28-18-15-26-33(16-18)20-7-11-34-12-8-20/h15-17,19-20H,2-14H2,1H3,(H2,27,28,30,31). The number of fused-ring (bicyclic) bond motifs is 1. The van der Waals surface area contributed by atoms with Gasteiger partial charge in [-0.2, -0.15) is 15.1 Å². The third-order valence-electron chi connectivity index (χ3n) is 7.63. The number of morpholine rings is 1. The maximum absolute atomic E-state index is 5.54. The Morgan fingerprint density at radius 1 is 0.944 bits per heavy atom. The molecule has 0 unspecified atom stereocenters. The Morgan fingerprint density at radius 2 is 1.72 bits per heavy atom. The summed E-state index contributed by atoms with van der Waals surface area (Å²) in [5.41, 5.74) is 1.79. The smallest absolute Gasteiger partial charge is 0.230 e. The highest BCUT2D eigenvalue weighted by atomic mass is 32.1. The molecule has 0 spiro atoms. The van der Waals surface area contributed by atoms with Crippen LogP contribution in [0.25, 0.3) is 10.3 Å². The van der Waals surface area contributed by atoms with Gasteiger partial charge in [-0.05, 0) is 44.9 Å². The van der Waals surface area contributed by atoms with Gasteiger partial charge in [-0.15, -0.1) is 0 Å². The number of nitrogens with one attached hydrogen (secondary N) is 2. The van der Waals surface area contributed by atoms with E-state index >= 15 is 0 Å². The van der Waals surface area contributed by atoms with Gasteiger partial charge in [0.1, 0.15) is 5.52 Å². The third-order valence-corrected chi connectivity index (χ3v) is 8.72. The molecule has 0 radical (unpaired) electrons. The van der Waals surface area contributed by atoms with Crippen LogP contribution in [-0.2, 0) is 15.9 Å². The highest BCUT2D eigenvalue weighted by molar-refractivity contribution is 7.18. The lowest BCUT2D eigenvalue weighted by molar-refractivity contribution is 0.00791. The zero-order chi connectivity index (χ0) is 24.3. The molecular weight excluding hydrogens is 476 g/mol. The van der Waals surface area contributed by atoms with Crippen LogP contribution in [0.2, 0.25) is 0 Å². The number of aromatic nitrogens is 5. The molecule has 10 nitrogen and oxygen atoms in total. The molecule has 2 aliphatic heterocycles. The van der Waals surface area contributed by atoms with Crippen molar-refractivity contribution in [2.24, 2.45) is 0 Å². The monoisotopic (exact) mass is 512 g/mol. The molecule has 3 fully saturated rings. The number of anilines is 3. The first-order valence-corrected chi connectivity index (χ1v) is 14.2. The van der Waals surface area contributed by atoms with Gasteiger partial charge in [0.15, 0.2) is 10.6 Å². The van der Waals surface area contributed by atoms with Gasteiger partial charge >= 0.3 is 0 Å². The van der Waals surface area contributed by atoms with Crippen LogP contribution in [0, 0.1) is 0 Å². The molecule has 11 heteroatoms. The van der Waals surface area contributed by atoms with Gasteiger partial charge in [0.2, 0.25) is 5.95 Å². The molecule has 3 aromatic heterocycles. The van der Waals surface area contributed by atoms with Crippen molar-refractivity contribution in [1.29, 1.82) is 0 Å². The highest BCUT2D eigenvalue weighted by Gasteiger charge is 2.28. The van der Waals surface area contributed by atoms with Gasteiger partial charge in [-0.3, -0.25) is 9.58 Å². The fourth-order valence-electron chi connectivity index (χ4n) is 5.58. The van der Waals surface area contributed by atoms with Crippen LogP contribution >= 0.6 is 11.3 Å². The first-order valence-electron chi connectivity index (χ1n) is 13.4. The number of aryl methyl sites for hydroxylation is 1. The van der Waals surface area contributed by atoms with Crippen molar-refractivity contribution in [3.05, 3.63) is 17.4 Å². The average molecular weight is 513 g/mol. The summed E-state index contributed by atoms with van der Waals surface area (Å²) in [6, 6.07) is 1.46. The van der Waals surface area contributed by atoms with Gasteiger partial charge in [0, 0.05) is 44.6 Å². The zero-order valence-electron chi connectivity index (χ0n) is 21.0. The number of ether oxygens (including phenoxy) is 2. The Hall–Kier alpha value is -2.34. The van der Waals surface area contributed by atoms with Gasteiger partial charge < -0.3 is 20.1 Å². The van der Waals surface area contributed by atoms with E-state index in [2.05, 4.69) is 27.6 Å². The van der Waals surface area contributed by atoms with Crippen molar-refractivity contribution in [3.8, 4) is 0 Å². The molecule has 0 aromatic carbocycles. The molecule has 1 saturated carbocycles. The van der Waals surface area contributed by atoms with Crippen LogP contribution in [0.3, 0.4) is 0 Å². The topological polar surface area (TPSA) is 102 Å². The third kappa shape index (κ3) is 5.34. The van der Waals surface area contributed by atoms with E-state index in [1.807, 2.05) is 17.1 Å². The normalized spacial score (nSPS) is 24.2. The molecule has 3 aromatic rings.